The summed E-state index contributed by atoms with van der Waals surface area (Å²) in [6.45, 7) is 11.8. The SMILES string of the molecule is C=CCN.C=CCN.C=CCN.OB(O)O. The van der Waals surface area contributed by atoms with Gasteiger partial charge in [0, 0.05) is 19.6 Å². The monoisotopic (exact) mass is 233 g/mol. The summed E-state index contributed by atoms with van der Waals surface area (Å²) in [6.07, 6.45) is 4.96. The van der Waals surface area contributed by atoms with E-state index in [9.17, 15) is 0 Å². The molecule has 9 N–H and O–H groups in total. The van der Waals surface area contributed by atoms with Crippen LogP contribution in [0, 0.1) is 0 Å². The van der Waals surface area contributed by atoms with Crippen molar-refractivity contribution in [2.75, 3.05) is 19.6 Å². The maximum Gasteiger partial charge on any atom is 0.631 e. The molecule has 0 rings (SSSR count). The van der Waals surface area contributed by atoms with Gasteiger partial charge in [-0.1, -0.05) is 18.2 Å². The quantitative estimate of drug-likeness (QED) is 0.255. The van der Waals surface area contributed by atoms with Crippen LogP contribution in [0.3, 0.4) is 0 Å². The zero-order valence-corrected chi connectivity index (χ0v) is 9.63. The van der Waals surface area contributed by atoms with Gasteiger partial charge in [0.2, 0.25) is 0 Å². The Morgan fingerprint density at radius 3 is 0.812 bits per heavy atom. The molecule has 0 aliphatic heterocycles. The van der Waals surface area contributed by atoms with Crippen LogP contribution in [0.1, 0.15) is 0 Å². The van der Waals surface area contributed by atoms with Gasteiger partial charge in [-0.3, -0.25) is 0 Å². The molecule has 0 aliphatic rings. The average molecular weight is 233 g/mol. The molecule has 0 aromatic rings. The molecule has 0 atom stereocenters. The van der Waals surface area contributed by atoms with Crippen LogP contribution >= 0.6 is 0 Å². The Morgan fingerprint density at radius 1 is 0.750 bits per heavy atom. The first-order valence-electron chi connectivity index (χ1n) is 4.45. The second-order valence-electron chi connectivity index (χ2n) is 1.92. The van der Waals surface area contributed by atoms with E-state index in [1.54, 1.807) is 18.2 Å². The van der Waals surface area contributed by atoms with Crippen molar-refractivity contribution in [2.24, 2.45) is 17.2 Å². The highest BCUT2D eigenvalue weighted by Gasteiger charge is 1.92. The molecule has 0 aromatic carbocycles. The molecule has 0 saturated carbocycles. The molecule has 16 heavy (non-hydrogen) atoms. The first-order valence-corrected chi connectivity index (χ1v) is 4.45. The van der Waals surface area contributed by atoms with Crippen LogP contribution in [0.5, 0.6) is 0 Å². The van der Waals surface area contributed by atoms with E-state index < -0.39 is 7.32 Å². The Hall–Kier alpha value is -0.955. The predicted octanol–water partition coefficient (Wildman–Crippen LogP) is -1.66. The van der Waals surface area contributed by atoms with Crippen molar-refractivity contribution in [1.29, 1.82) is 0 Å². The second-order valence-corrected chi connectivity index (χ2v) is 1.92. The summed E-state index contributed by atoms with van der Waals surface area (Å²) in [5.74, 6) is 0. The van der Waals surface area contributed by atoms with E-state index in [1.807, 2.05) is 0 Å². The van der Waals surface area contributed by atoms with Gasteiger partial charge in [0.15, 0.2) is 0 Å². The number of hydrogen-bond donors (Lipinski definition) is 6. The van der Waals surface area contributed by atoms with E-state index in [1.165, 1.54) is 0 Å². The molecule has 0 saturated heterocycles. The van der Waals surface area contributed by atoms with Gasteiger partial charge in [0.1, 0.15) is 0 Å². The minimum absolute atomic E-state index is 0.583. The molecule has 7 heteroatoms. The fourth-order valence-electron chi connectivity index (χ4n) is 0. The van der Waals surface area contributed by atoms with Crippen molar-refractivity contribution in [3.8, 4) is 0 Å². The minimum Gasteiger partial charge on any atom is -0.402 e. The highest BCUT2D eigenvalue weighted by atomic mass is 16.5. The summed E-state index contributed by atoms with van der Waals surface area (Å²) >= 11 is 0. The Labute approximate surface area is 97.9 Å². The van der Waals surface area contributed by atoms with Crippen LogP contribution in [-0.4, -0.2) is 42.0 Å². The smallest absolute Gasteiger partial charge is 0.402 e. The topological polar surface area (TPSA) is 139 Å². The van der Waals surface area contributed by atoms with Crippen LogP contribution in [0.15, 0.2) is 38.0 Å². The van der Waals surface area contributed by atoms with E-state index in [2.05, 4.69) is 19.7 Å². The third-order valence-corrected chi connectivity index (χ3v) is 0.500. The lowest BCUT2D eigenvalue weighted by Gasteiger charge is -1.69. The molecule has 0 unspecified atom stereocenters. The van der Waals surface area contributed by atoms with Crippen LogP contribution in [0.2, 0.25) is 0 Å². The van der Waals surface area contributed by atoms with Crippen molar-refractivity contribution in [2.45, 2.75) is 0 Å². The summed E-state index contributed by atoms with van der Waals surface area (Å²) in [7, 11) is -2.17. The van der Waals surface area contributed by atoms with Gasteiger partial charge in [0.25, 0.3) is 0 Å². The van der Waals surface area contributed by atoms with Crippen LogP contribution in [0.25, 0.3) is 0 Å². The molecular formula is C9H24BN3O3. The standard InChI is InChI=1S/3C3H7N.BH3O3/c3*1-2-3-4;2-1(3)4/h3*2H,1,3-4H2;2-4H. The maximum absolute atomic E-state index is 7.17. The highest BCUT2D eigenvalue weighted by molar-refractivity contribution is 6.30. The van der Waals surface area contributed by atoms with E-state index in [0.29, 0.717) is 19.6 Å². The Kier molecular flexibility index (Phi) is 56.1. The molecule has 0 aromatic heterocycles. The third kappa shape index (κ3) is 453. The predicted molar refractivity (Wildman–Crippen MR) is 70.2 cm³/mol. The molecular weight excluding hydrogens is 209 g/mol. The lowest BCUT2D eigenvalue weighted by Crippen LogP contribution is -2.07. The Morgan fingerprint density at radius 2 is 0.812 bits per heavy atom. The van der Waals surface area contributed by atoms with Crippen molar-refractivity contribution < 1.29 is 15.1 Å². The van der Waals surface area contributed by atoms with Gasteiger partial charge < -0.3 is 32.3 Å². The summed E-state index contributed by atoms with van der Waals surface area (Å²) in [5.41, 5.74) is 14.7. The largest absolute Gasteiger partial charge is 0.631 e. The molecule has 0 fully saturated rings. The van der Waals surface area contributed by atoms with Crippen molar-refractivity contribution in [3.63, 3.8) is 0 Å². The first kappa shape index (κ1) is 24.3. The van der Waals surface area contributed by atoms with Crippen LogP contribution in [0.4, 0.5) is 0 Å². The zero-order valence-electron chi connectivity index (χ0n) is 9.63. The third-order valence-electron chi connectivity index (χ3n) is 0.500. The molecule has 6 nitrogen and oxygen atoms in total. The maximum atomic E-state index is 7.17. The number of rotatable bonds is 3. The van der Waals surface area contributed by atoms with Gasteiger partial charge in [-0.25, -0.2) is 0 Å². The molecule has 0 spiro atoms. The first-order chi connectivity index (χ1) is 7.47. The fourth-order valence-corrected chi connectivity index (χ4v) is 0. The Bertz CT molecular complexity index is 113. The molecule has 0 amide bonds. The minimum atomic E-state index is -2.17. The molecule has 0 heterocycles. The fraction of sp³-hybridized carbons (Fsp3) is 0.333. The summed E-state index contributed by atoms with van der Waals surface area (Å²) < 4.78 is 0. The highest BCUT2D eigenvalue weighted by Crippen LogP contribution is 1.41. The molecule has 0 radical (unpaired) electrons. The van der Waals surface area contributed by atoms with Gasteiger partial charge in [-0.15, -0.1) is 19.7 Å². The zero-order chi connectivity index (χ0) is 13.8. The van der Waals surface area contributed by atoms with E-state index in [0.717, 1.165) is 0 Å². The van der Waals surface area contributed by atoms with Gasteiger partial charge in [-0.2, -0.15) is 0 Å². The number of hydrogen-bond acceptors (Lipinski definition) is 6. The normalized spacial score (nSPS) is 6.38. The van der Waals surface area contributed by atoms with Crippen molar-refractivity contribution in [1.82, 2.24) is 0 Å². The van der Waals surface area contributed by atoms with Gasteiger partial charge >= 0.3 is 7.32 Å². The van der Waals surface area contributed by atoms with Crippen molar-refractivity contribution in [3.05, 3.63) is 38.0 Å². The average Bonchev–Trinajstić information content (AvgIpc) is 2.28. The molecule has 96 valence electrons. The summed E-state index contributed by atoms with van der Waals surface area (Å²) in [6, 6.07) is 0. The summed E-state index contributed by atoms with van der Waals surface area (Å²) in [5, 5.41) is 21.5. The van der Waals surface area contributed by atoms with E-state index in [-0.39, 0.29) is 0 Å². The van der Waals surface area contributed by atoms with Crippen LogP contribution in [-0.2, 0) is 0 Å². The summed E-state index contributed by atoms with van der Waals surface area (Å²) in [4.78, 5) is 0. The molecule has 0 aliphatic carbocycles. The van der Waals surface area contributed by atoms with E-state index >= 15 is 0 Å². The lowest BCUT2D eigenvalue weighted by molar-refractivity contribution is 0.278. The lowest BCUT2D eigenvalue weighted by atomic mass is 10.3. The van der Waals surface area contributed by atoms with Crippen molar-refractivity contribution >= 4 is 7.32 Å². The van der Waals surface area contributed by atoms with Gasteiger partial charge in [0.05, 0.1) is 0 Å². The molecule has 0 bridgehead atoms. The Balaban J connectivity index is -0.0000000600. The van der Waals surface area contributed by atoms with E-state index in [4.69, 9.17) is 32.3 Å². The van der Waals surface area contributed by atoms with Gasteiger partial charge in [-0.05, 0) is 0 Å². The second kappa shape index (κ2) is 36.9. The number of nitrogens with two attached hydrogens (primary N) is 3. The van der Waals surface area contributed by atoms with Crippen LogP contribution < -0.4 is 17.2 Å².